The van der Waals surface area contributed by atoms with Gasteiger partial charge in [0.1, 0.15) is 12.5 Å². The topological polar surface area (TPSA) is 30.7 Å². The maximum Gasteiger partial charge on any atom is 0.314 e. The second-order valence-corrected chi connectivity index (χ2v) is 6.02. The molecule has 104 valence electrons. The molecule has 2 atom stereocenters. The van der Waals surface area contributed by atoms with Crippen LogP contribution in [-0.2, 0) is 16.1 Å². The lowest BCUT2D eigenvalue weighted by atomic mass is 9.98. The summed E-state index contributed by atoms with van der Waals surface area (Å²) < 4.78 is 6.25. The Morgan fingerprint density at radius 1 is 1.53 bits per heavy atom. The Hall–Kier alpha value is -0.870. The van der Waals surface area contributed by atoms with Crippen LogP contribution in [0.2, 0.25) is 0 Å². The Morgan fingerprint density at radius 3 is 3.11 bits per heavy atom. The lowest BCUT2D eigenvalue weighted by Crippen LogP contribution is -3.12. The van der Waals surface area contributed by atoms with Crippen LogP contribution < -0.4 is 4.90 Å². The zero-order chi connectivity index (χ0) is 13.7. The molecule has 4 heteroatoms. The summed E-state index contributed by atoms with van der Waals surface area (Å²) >= 11 is 3.50. The fourth-order valence-corrected chi connectivity index (χ4v) is 3.16. The fraction of sp³-hybridized carbons (Fsp3) is 0.533. The van der Waals surface area contributed by atoms with Crippen LogP contribution in [0, 0.1) is 5.92 Å². The highest BCUT2D eigenvalue weighted by Gasteiger charge is 2.29. The van der Waals surface area contributed by atoms with Crippen LogP contribution in [0.4, 0.5) is 0 Å². The predicted molar refractivity (Wildman–Crippen MR) is 77.9 cm³/mol. The molecule has 0 bridgehead atoms. The van der Waals surface area contributed by atoms with E-state index in [0.29, 0.717) is 6.61 Å². The number of likely N-dealkylation sites (tertiary alicyclic amines) is 1. The number of esters is 1. The molecule has 1 N–H and O–H groups in total. The maximum atomic E-state index is 11.8. The molecule has 3 nitrogen and oxygen atoms in total. The number of hydrogen-bond donors (Lipinski definition) is 1. The monoisotopic (exact) mass is 326 g/mol. The van der Waals surface area contributed by atoms with Crippen molar-refractivity contribution in [1.29, 1.82) is 0 Å². The molecule has 2 rings (SSSR count). The highest BCUT2D eigenvalue weighted by atomic mass is 79.9. The average Bonchev–Trinajstić information content (AvgIpc) is 2.39. The van der Waals surface area contributed by atoms with Crippen LogP contribution in [0.3, 0.4) is 0 Å². The molecule has 19 heavy (non-hydrogen) atoms. The van der Waals surface area contributed by atoms with E-state index in [9.17, 15) is 4.79 Å². The molecule has 1 saturated heterocycles. The van der Waals surface area contributed by atoms with Crippen molar-refractivity contribution in [3.8, 4) is 0 Å². The Morgan fingerprint density at radius 2 is 2.37 bits per heavy atom. The van der Waals surface area contributed by atoms with E-state index in [-0.39, 0.29) is 11.9 Å². The van der Waals surface area contributed by atoms with Gasteiger partial charge in [-0.2, -0.15) is 0 Å². The third-order valence-corrected chi connectivity index (χ3v) is 4.07. The maximum absolute atomic E-state index is 11.8. The Bertz CT molecular complexity index is 436. The normalized spacial score (nSPS) is 23.1. The third kappa shape index (κ3) is 4.32. The first-order chi connectivity index (χ1) is 9.19. The minimum absolute atomic E-state index is 0.0195. The van der Waals surface area contributed by atoms with Gasteiger partial charge in [0.25, 0.3) is 0 Å². The number of piperidine rings is 1. The van der Waals surface area contributed by atoms with E-state index in [1.165, 1.54) is 10.5 Å². The van der Waals surface area contributed by atoms with Gasteiger partial charge < -0.3 is 9.64 Å². The van der Waals surface area contributed by atoms with Crippen molar-refractivity contribution in [1.82, 2.24) is 0 Å². The van der Waals surface area contributed by atoms with Crippen molar-refractivity contribution >= 4 is 21.9 Å². The number of carbonyl (C=O) groups excluding carboxylic acids is 1. The van der Waals surface area contributed by atoms with Gasteiger partial charge in [-0.25, -0.2) is 0 Å². The van der Waals surface area contributed by atoms with Crippen LogP contribution >= 0.6 is 15.9 Å². The standard InChI is InChI=1S/C15H20BrNO2/c1-2-19-15(18)13-6-4-8-17(11-13)10-12-5-3-7-14(16)9-12/h3,5,7,9,13H,2,4,6,8,10-11H2,1H3/p+1/t13-/m1/s1. The van der Waals surface area contributed by atoms with Gasteiger partial charge in [-0.3, -0.25) is 4.79 Å². The van der Waals surface area contributed by atoms with E-state index in [0.717, 1.165) is 36.9 Å². The highest BCUT2D eigenvalue weighted by Crippen LogP contribution is 2.12. The lowest BCUT2D eigenvalue weighted by Gasteiger charge is -2.28. The van der Waals surface area contributed by atoms with Crippen LogP contribution in [0.25, 0.3) is 0 Å². The first-order valence-corrected chi connectivity index (χ1v) is 7.73. The summed E-state index contributed by atoms with van der Waals surface area (Å²) in [6.07, 6.45) is 2.08. The summed E-state index contributed by atoms with van der Waals surface area (Å²) in [5.41, 5.74) is 1.31. The van der Waals surface area contributed by atoms with Crippen molar-refractivity contribution < 1.29 is 14.4 Å². The van der Waals surface area contributed by atoms with Gasteiger partial charge in [0.15, 0.2) is 0 Å². The van der Waals surface area contributed by atoms with Gasteiger partial charge in [0, 0.05) is 10.0 Å². The molecule has 1 aromatic carbocycles. The van der Waals surface area contributed by atoms with Crippen LogP contribution in [0.15, 0.2) is 28.7 Å². The number of carbonyl (C=O) groups is 1. The van der Waals surface area contributed by atoms with E-state index in [4.69, 9.17) is 4.74 Å². The smallest absolute Gasteiger partial charge is 0.314 e. The SMILES string of the molecule is CCOC(=O)[C@@H]1CCC[NH+](Cc2cccc(Br)c2)C1. The first-order valence-electron chi connectivity index (χ1n) is 6.93. The van der Waals surface area contributed by atoms with Crippen molar-refractivity contribution in [2.75, 3.05) is 19.7 Å². The minimum atomic E-state index is -0.0195. The van der Waals surface area contributed by atoms with Gasteiger partial charge in [-0.15, -0.1) is 0 Å². The molecular formula is C15H21BrNO2+. The molecule has 1 unspecified atom stereocenters. The fourth-order valence-electron chi connectivity index (χ4n) is 2.71. The Balaban J connectivity index is 1.92. The molecule has 0 aromatic heterocycles. The summed E-state index contributed by atoms with van der Waals surface area (Å²) in [4.78, 5) is 13.3. The summed E-state index contributed by atoms with van der Waals surface area (Å²) in [6.45, 7) is 5.37. The molecule has 0 radical (unpaired) electrons. The largest absolute Gasteiger partial charge is 0.466 e. The number of hydrogen-bond acceptors (Lipinski definition) is 2. The number of nitrogens with one attached hydrogen (secondary N) is 1. The number of halogens is 1. The molecule has 1 aromatic rings. The molecule has 1 aliphatic heterocycles. The number of rotatable bonds is 4. The van der Waals surface area contributed by atoms with Gasteiger partial charge in [0.2, 0.25) is 0 Å². The summed E-state index contributed by atoms with van der Waals surface area (Å²) in [5, 5.41) is 0. The molecule has 0 saturated carbocycles. The molecule has 1 heterocycles. The Kier molecular flexibility index (Phi) is 5.40. The lowest BCUT2D eigenvalue weighted by molar-refractivity contribution is -0.921. The first kappa shape index (κ1) is 14.5. The molecular weight excluding hydrogens is 306 g/mol. The Labute approximate surface area is 123 Å². The molecule has 1 aliphatic rings. The molecule has 0 amide bonds. The van der Waals surface area contributed by atoms with Crippen molar-refractivity contribution in [3.63, 3.8) is 0 Å². The van der Waals surface area contributed by atoms with E-state index >= 15 is 0 Å². The van der Waals surface area contributed by atoms with Crippen LogP contribution in [-0.4, -0.2) is 25.7 Å². The van der Waals surface area contributed by atoms with Crippen LogP contribution in [0.5, 0.6) is 0 Å². The van der Waals surface area contributed by atoms with Crippen molar-refractivity contribution in [3.05, 3.63) is 34.3 Å². The molecule has 1 fully saturated rings. The summed E-state index contributed by atoms with van der Waals surface area (Å²) in [7, 11) is 0. The van der Waals surface area contributed by atoms with Crippen LogP contribution in [0.1, 0.15) is 25.3 Å². The second kappa shape index (κ2) is 7.06. The van der Waals surface area contributed by atoms with Gasteiger partial charge in [0.05, 0.1) is 19.7 Å². The van der Waals surface area contributed by atoms with Crippen molar-refractivity contribution in [2.45, 2.75) is 26.3 Å². The van der Waals surface area contributed by atoms with Gasteiger partial charge in [-0.05, 0) is 31.9 Å². The van der Waals surface area contributed by atoms with E-state index in [2.05, 4.69) is 34.1 Å². The van der Waals surface area contributed by atoms with E-state index < -0.39 is 0 Å². The summed E-state index contributed by atoms with van der Waals surface area (Å²) in [6, 6.07) is 8.40. The summed E-state index contributed by atoms with van der Waals surface area (Å²) in [5.74, 6) is 0.0600. The quantitative estimate of drug-likeness (QED) is 0.855. The average molecular weight is 327 g/mol. The minimum Gasteiger partial charge on any atom is -0.466 e. The van der Waals surface area contributed by atoms with E-state index in [1.54, 1.807) is 0 Å². The number of benzene rings is 1. The zero-order valence-electron chi connectivity index (χ0n) is 11.3. The van der Waals surface area contributed by atoms with E-state index in [1.807, 2.05) is 13.0 Å². The van der Waals surface area contributed by atoms with Gasteiger partial charge in [-0.1, -0.05) is 28.1 Å². The molecule has 0 aliphatic carbocycles. The number of ether oxygens (including phenoxy) is 1. The zero-order valence-corrected chi connectivity index (χ0v) is 12.9. The van der Waals surface area contributed by atoms with Crippen molar-refractivity contribution in [2.24, 2.45) is 5.92 Å². The third-order valence-electron chi connectivity index (χ3n) is 3.58. The second-order valence-electron chi connectivity index (χ2n) is 5.10. The highest BCUT2D eigenvalue weighted by molar-refractivity contribution is 9.10. The predicted octanol–water partition coefficient (Wildman–Crippen LogP) is 1.81. The number of quaternary nitrogens is 1. The molecule has 0 spiro atoms. The van der Waals surface area contributed by atoms with Gasteiger partial charge >= 0.3 is 5.97 Å².